The fourth-order valence-corrected chi connectivity index (χ4v) is 4.64. The van der Waals surface area contributed by atoms with Gasteiger partial charge in [-0.05, 0) is 79.6 Å². The molecule has 0 saturated carbocycles. The molecule has 6 nitrogen and oxygen atoms in total. The number of ketones is 1. The molecule has 1 heterocycles. The molecule has 39 heavy (non-hydrogen) atoms. The Morgan fingerprint density at radius 3 is 2.15 bits per heavy atom. The predicted molar refractivity (Wildman–Crippen MR) is 151 cm³/mol. The van der Waals surface area contributed by atoms with Gasteiger partial charge in [0.15, 0.2) is 0 Å². The largest absolute Gasteiger partial charge is 0.507 e. The number of rotatable bonds is 8. The lowest BCUT2D eigenvalue weighted by Gasteiger charge is -2.26. The first-order chi connectivity index (χ1) is 19.0. The number of aryl methyl sites for hydroxylation is 1. The van der Waals surface area contributed by atoms with Crippen LogP contribution in [0.4, 0.5) is 5.69 Å². The number of aliphatic hydroxyl groups excluding tert-OH is 1. The standard InChI is InChI=1S/C33H29NO5/c1-3-20-38-26-16-12-23(13-17-26)31(35)29-30(24-9-7-8-22(2)21-24)34(33(37)32(29)36)25-14-18-28(19-15-25)39-27-10-5-4-6-11-27/h4-19,21,30,35H,3,20H2,1-2H3/b31-29-. The van der Waals surface area contributed by atoms with Gasteiger partial charge in [-0.1, -0.05) is 55.0 Å². The molecule has 0 aromatic heterocycles. The fraction of sp³-hybridized carbons (Fsp3) is 0.152. The summed E-state index contributed by atoms with van der Waals surface area (Å²) >= 11 is 0. The lowest BCUT2D eigenvalue weighted by Crippen LogP contribution is -2.29. The van der Waals surface area contributed by atoms with Crippen LogP contribution in [-0.4, -0.2) is 23.4 Å². The highest BCUT2D eigenvalue weighted by Crippen LogP contribution is 2.43. The number of amides is 1. The van der Waals surface area contributed by atoms with E-state index in [4.69, 9.17) is 9.47 Å². The van der Waals surface area contributed by atoms with Crippen molar-refractivity contribution in [2.45, 2.75) is 26.3 Å². The molecule has 4 aromatic carbocycles. The van der Waals surface area contributed by atoms with E-state index in [1.54, 1.807) is 48.5 Å². The van der Waals surface area contributed by atoms with Crippen molar-refractivity contribution in [3.63, 3.8) is 0 Å². The number of ether oxygens (including phenoxy) is 2. The highest BCUT2D eigenvalue weighted by Gasteiger charge is 2.47. The van der Waals surface area contributed by atoms with E-state index in [1.165, 1.54) is 4.90 Å². The molecular formula is C33H29NO5. The summed E-state index contributed by atoms with van der Waals surface area (Å²) in [5.41, 5.74) is 2.69. The average Bonchev–Trinajstić information content (AvgIpc) is 3.23. The van der Waals surface area contributed by atoms with E-state index in [1.807, 2.05) is 68.4 Å². The number of aliphatic hydroxyl groups is 1. The number of carbonyl (C=O) groups excluding carboxylic acids is 2. The first-order valence-corrected chi connectivity index (χ1v) is 12.9. The Balaban J connectivity index is 1.55. The number of hydrogen-bond acceptors (Lipinski definition) is 5. The van der Waals surface area contributed by atoms with Crippen molar-refractivity contribution in [2.24, 2.45) is 0 Å². The molecule has 0 aliphatic carbocycles. The van der Waals surface area contributed by atoms with Crippen molar-refractivity contribution in [3.05, 3.63) is 125 Å². The Bertz CT molecular complexity index is 1510. The van der Waals surface area contributed by atoms with Crippen LogP contribution in [0.2, 0.25) is 0 Å². The third-order valence-corrected chi connectivity index (χ3v) is 6.50. The van der Waals surface area contributed by atoms with Gasteiger partial charge in [-0.25, -0.2) is 0 Å². The van der Waals surface area contributed by atoms with Crippen LogP contribution in [0.1, 0.15) is 36.1 Å². The van der Waals surface area contributed by atoms with Gasteiger partial charge >= 0.3 is 0 Å². The Morgan fingerprint density at radius 2 is 1.49 bits per heavy atom. The first-order valence-electron chi connectivity index (χ1n) is 12.9. The monoisotopic (exact) mass is 519 g/mol. The number of para-hydroxylation sites is 1. The lowest BCUT2D eigenvalue weighted by atomic mass is 9.94. The summed E-state index contributed by atoms with van der Waals surface area (Å²) in [6, 6.07) is 30.0. The van der Waals surface area contributed by atoms with Crippen LogP contribution in [0.15, 0.2) is 109 Å². The average molecular weight is 520 g/mol. The molecule has 1 aliphatic rings. The minimum atomic E-state index is -0.804. The molecular weight excluding hydrogens is 490 g/mol. The Hall–Kier alpha value is -4.84. The zero-order valence-corrected chi connectivity index (χ0v) is 21.8. The van der Waals surface area contributed by atoms with E-state index in [-0.39, 0.29) is 11.3 Å². The Morgan fingerprint density at radius 1 is 0.821 bits per heavy atom. The number of hydrogen-bond donors (Lipinski definition) is 1. The number of Topliss-reactive ketones (excluding diaryl/α,β-unsaturated/α-hetero) is 1. The third-order valence-electron chi connectivity index (χ3n) is 6.50. The van der Waals surface area contributed by atoms with Gasteiger partial charge in [-0.2, -0.15) is 0 Å². The molecule has 0 spiro atoms. The minimum absolute atomic E-state index is 0.0393. The summed E-state index contributed by atoms with van der Waals surface area (Å²) in [5.74, 6) is 0.281. The number of carbonyl (C=O) groups is 2. The van der Waals surface area contributed by atoms with Crippen molar-refractivity contribution in [3.8, 4) is 17.2 Å². The van der Waals surface area contributed by atoms with Crippen LogP contribution < -0.4 is 14.4 Å². The maximum atomic E-state index is 13.4. The van der Waals surface area contributed by atoms with Gasteiger partial charge < -0.3 is 14.6 Å². The van der Waals surface area contributed by atoms with Crippen LogP contribution in [-0.2, 0) is 9.59 Å². The van der Waals surface area contributed by atoms with E-state index in [0.717, 1.165) is 17.5 Å². The van der Waals surface area contributed by atoms with Crippen molar-refractivity contribution in [2.75, 3.05) is 11.5 Å². The zero-order chi connectivity index (χ0) is 27.4. The molecule has 1 unspecified atom stereocenters. The molecule has 5 rings (SSSR count). The van der Waals surface area contributed by atoms with E-state index in [2.05, 4.69) is 0 Å². The number of benzene rings is 4. The molecule has 6 heteroatoms. The summed E-state index contributed by atoms with van der Waals surface area (Å²) < 4.78 is 11.5. The van der Waals surface area contributed by atoms with E-state index in [9.17, 15) is 14.7 Å². The molecule has 1 fully saturated rings. The van der Waals surface area contributed by atoms with Crippen LogP contribution in [0.5, 0.6) is 17.2 Å². The minimum Gasteiger partial charge on any atom is -0.507 e. The summed E-state index contributed by atoms with van der Waals surface area (Å²) in [6.07, 6.45) is 0.876. The smallest absolute Gasteiger partial charge is 0.300 e. The van der Waals surface area contributed by atoms with Crippen LogP contribution >= 0.6 is 0 Å². The summed E-state index contributed by atoms with van der Waals surface area (Å²) in [5, 5.41) is 11.4. The van der Waals surface area contributed by atoms with E-state index in [0.29, 0.717) is 35.1 Å². The molecule has 1 atom stereocenters. The maximum Gasteiger partial charge on any atom is 0.300 e. The number of anilines is 1. The SMILES string of the molecule is CCCOc1ccc(/C(O)=C2/C(=O)C(=O)N(c3ccc(Oc4ccccc4)cc3)C2c2cccc(C)c2)cc1. The molecule has 0 bridgehead atoms. The van der Waals surface area contributed by atoms with E-state index >= 15 is 0 Å². The summed E-state index contributed by atoms with van der Waals surface area (Å²) in [6.45, 7) is 4.55. The van der Waals surface area contributed by atoms with Crippen molar-refractivity contribution >= 4 is 23.1 Å². The van der Waals surface area contributed by atoms with Crippen LogP contribution in [0, 0.1) is 6.92 Å². The molecule has 1 saturated heterocycles. The van der Waals surface area contributed by atoms with Gasteiger partial charge in [0.25, 0.3) is 11.7 Å². The highest BCUT2D eigenvalue weighted by atomic mass is 16.5. The second-order valence-corrected chi connectivity index (χ2v) is 9.37. The van der Waals surface area contributed by atoms with Gasteiger partial charge in [-0.3, -0.25) is 14.5 Å². The predicted octanol–water partition coefficient (Wildman–Crippen LogP) is 7.20. The zero-order valence-electron chi connectivity index (χ0n) is 21.8. The van der Waals surface area contributed by atoms with Crippen molar-refractivity contribution in [1.82, 2.24) is 0 Å². The van der Waals surface area contributed by atoms with Crippen molar-refractivity contribution in [1.29, 1.82) is 0 Å². The van der Waals surface area contributed by atoms with Gasteiger partial charge in [0.1, 0.15) is 23.0 Å². The van der Waals surface area contributed by atoms with Crippen molar-refractivity contribution < 1.29 is 24.2 Å². The molecule has 0 radical (unpaired) electrons. The quantitative estimate of drug-likeness (QED) is 0.151. The third kappa shape index (κ3) is 5.41. The molecule has 196 valence electrons. The Labute approximate surface area is 227 Å². The van der Waals surface area contributed by atoms with E-state index < -0.39 is 17.7 Å². The van der Waals surface area contributed by atoms with Gasteiger partial charge in [0.2, 0.25) is 0 Å². The second kappa shape index (κ2) is 11.3. The molecule has 4 aromatic rings. The van der Waals surface area contributed by atoms with Gasteiger partial charge in [0.05, 0.1) is 18.2 Å². The number of nitrogens with zero attached hydrogens (tertiary/aromatic N) is 1. The van der Waals surface area contributed by atoms with Crippen LogP contribution in [0.25, 0.3) is 5.76 Å². The lowest BCUT2D eigenvalue weighted by molar-refractivity contribution is -0.132. The normalized spacial score (nSPS) is 16.4. The summed E-state index contributed by atoms with van der Waals surface area (Å²) in [7, 11) is 0. The van der Waals surface area contributed by atoms with Gasteiger partial charge in [0, 0.05) is 11.3 Å². The first kappa shape index (κ1) is 25.8. The Kier molecular flexibility index (Phi) is 7.46. The second-order valence-electron chi connectivity index (χ2n) is 9.37. The van der Waals surface area contributed by atoms with Gasteiger partial charge in [-0.15, -0.1) is 0 Å². The maximum absolute atomic E-state index is 13.4. The molecule has 1 amide bonds. The topological polar surface area (TPSA) is 76.1 Å². The van der Waals surface area contributed by atoms with Crippen LogP contribution in [0.3, 0.4) is 0 Å². The highest BCUT2D eigenvalue weighted by molar-refractivity contribution is 6.51. The molecule has 1 aliphatic heterocycles. The fourth-order valence-electron chi connectivity index (χ4n) is 4.64. The molecule has 1 N–H and O–H groups in total. The summed E-state index contributed by atoms with van der Waals surface area (Å²) in [4.78, 5) is 28.3.